The van der Waals surface area contributed by atoms with Crippen molar-refractivity contribution in [1.82, 2.24) is 0 Å². The van der Waals surface area contributed by atoms with Crippen LogP contribution in [0.1, 0.15) is 342 Å². The number of hydrogen-bond acceptors (Lipinski definition) is 6. The van der Waals surface area contributed by atoms with Crippen LogP contribution in [-0.4, -0.2) is 37.2 Å². The highest BCUT2D eigenvalue weighted by atomic mass is 16.6. The molecule has 0 aliphatic carbocycles. The van der Waals surface area contributed by atoms with Crippen LogP contribution in [0, 0.1) is 0 Å². The van der Waals surface area contributed by atoms with Crippen LogP contribution in [0.25, 0.3) is 0 Å². The smallest absolute Gasteiger partial charge is 0.306 e. The van der Waals surface area contributed by atoms with E-state index in [0.29, 0.717) is 19.3 Å². The van der Waals surface area contributed by atoms with Crippen LogP contribution in [0.15, 0.2) is 97.2 Å². The topological polar surface area (TPSA) is 78.9 Å². The minimum atomic E-state index is -0.783. The Morgan fingerprint density at radius 3 is 0.765 bits per heavy atom. The molecule has 1 atom stereocenters. The van der Waals surface area contributed by atoms with E-state index < -0.39 is 6.10 Å². The summed E-state index contributed by atoms with van der Waals surface area (Å²) in [5, 5.41) is 0. The Kier molecular flexibility index (Phi) is 65.7. The summed E-state index contributed by atoms with van der Waals surface area (Å²) in [6.45, 7) is 6.55. The van der Waals surface area contributed by atoms with E-state index in [9.17, 15) is 14.4 Å². The van der Waals surface area contributed by atoms with Crippen molar-refractivity contribution < 1.29 is 28.6 Å². The maximum atomic E-state index is 12.9. The number of hydrogen-bond donors (Lipinski definition) is 0. The molecule has 0 spiro atoms. The standard InChI is InChI=1S/C75H130O6/c1-4-7-10-13-16-19-22-25-28-30-31-32-33-34-35-36-37-38-39-40-41-42-43-45-47-50-53-56-59-62-65-68-74(77)80-71-72(70-79-73(76)67-64-61-58-55-52-49-46-27-24-21-18-15-12-9-6-3)81-75(78)69-66-63-60-57-54-51-48-44-29-26-23-20-17-14-11-8-5-2/h7,10,16,19,25,27-28,31-32,34-35,37-38,40-41,46,72H,4-6,8-9,11-15,17-18,20-24,26,29-30,33,36,39,42-45,47-71H2,1-3H3/b10-7-,19-16-,28-25-,32-31-,35-34-,38-37-,41-40-,46-27-. The molecule has 0 radical (unpaired) electrons. The molecule has 0 aromatic carbocycles. The van der Waals surface area contributed by atoms with E-state index in [-0.39, 0.29) is 31.1 Å². The Hall–Kier alpha value is -3.67. The van der Waals surface area contributed by atoms with Gasteiger partial charge in [0.15, 0.2) is 6.10 Å². The maximum absolute atomic E-state index is 12.9. The molecule has 0 rings (SSSR count). The van der Waals surface area contributed by atoms with Gasteiger partial charge in [-0.25, -0.2) is 0 Å². The first-order valence-electron chi connectivity index (χ1n) is 34.7. The molecule has 0 saturated heterocycles. The third-order valence-corrected chi connectivity index (χ3v) is 15.1. The molecule has 466 valence electrons. The summed E-state index contributed by atoms with van der Waals surface area (Å²) >= 11 is 0. The van der Waals surface area contributed by atoms with Crippen LogP contribution >= 0.6 is 0 Å². The van der Waals surface area contributed by atoms with Gasteiger partial charge in [-0.15, -0.1) is 0 Å². The molecule has 81 heavy (non-hydrogen) atoms. The van der Waals surface area contributed by atoms with Gasteiger partial charge in [-0.2, -0.15) is 0 Å². The highest BCUT2D eigenvalue weighted by molar-refractivity contribution is 5.71. The van der Waals surface area contributed by atoms with Gasteiger partial charge < -0.3 is 14.2 Å². The Labute approximate surface area is 502 Å². The molecule has 6 heteroatoms. The zero-order chi connectivity index (χ0) is 58.5. The molecule has 0 aromatic rings. The van der Waals surface area contributed by atoms with Gasteiger partial charge in [0.05, 0.1) is 0 Å². The molecule has 0 saturated carbocycles. The van der Waals surface area contributed by atoms with Crippen molar-refractivity contribution in [3.63, 3.8) is 0 Å². The fraction of sp³-hybridized carbons (Fsp3) is 0.747. The normalized spacial score (nSPS) is 12.7. The number of carbonyl (C=O) groups is 3. The predicted molar refractivity (Wildman–Crippen MR) is 353 cm³/mol. The molecule has 6 nitrogen and oxygen atoms in total. The van der Waals surface area contributed by atoms with Crippen LogP contribution in [0.3, 0.4) is 0 Å². The van der Waals surface area contributed by atoms with E-state index in [0.717, 1.165) is 116 Å². The van der Waals surface area contributed by atoms with E-state index in [1.54, 1.807) is 0 Å². The van der Waals surface area contributed by atoms with Gasteiger partial charge in [-0.05, 0) is 103 Å². The van der Waals surface area contributed by atoms with Gasteiger partial charge in [0.1, 0.15) is 13.2 Å². The third-order valence-electron chi connectivity index (χ3n) is 15.1. The summed E-state index contributed by atoms with van der Waals surface area (Å²) in [6.07, 6.45) is 92.8. The number of ether oxygens (including phenoxy) is 3. The summed E-state index contributed by atoms with van der Waals surface area (Å²) < 4.78 is 17.0. The predicted octanol–water partition coefficient (Wildman–Crippen LogP) is 24.0. The Balaban J connectivity index is 4.29. The molecule has 0 bridgehead atoms. The molecule has 0 aliphatic heterocycles. The lowest BCUT2D eigenvalue weighted by atomic mass is 10.0. The molecule has 1 unspecified atom stereocenters. The van der Waals surface area contributed by atoms with Crippen LogP contribution in [0.4, 0.5) is 0 Å². The lowest BCUT2D eigenvalue weighted by Crippen LogP contribution is -2.30. The average Bonchev–Trinajstić information content (AvgIpc) is 3.47. The fourth-order valence-corrected chi connectivity index (χ4v) is 9.89. The summed E-state index contributed by atoms with van der Waals surface area (Å²) in [4.78, 5) is 38.4. The van der Waals surface area contributed by atoms with Gasteiger partial charge in [0.2, 0.25) is 0 Å². The second-order valence-electron chi connectivity index (χ2n) is 23.1. The molecular formula is C75H130O6. The highest BCUT2D eigenvalue weighted by Gasteiger charge is 2.19. The average molecular weight is 1130 g/mol. The molecule has 0 amide bonds. The largest absolute Gasteiger partial charge is 0.462 e. The van der Waals surface area contributed by atoms with Crippen molar-refractivity contribution in [1.29, 1.82) is 0 Å². The SMILES string of the molecule is CC/C=C\C/C=C\C/C=C\C/C=C\C/C=C\C/C=C\C/C=C\CCCCCCCCCCCC(=O)OCC(COC(=O)CCCCCCC/C=C\CCCCCCCC)OC(=O)CCCCCCCCCCCCCCCCCCC. The Bertz CT molecular complexity index is 1580. The summed E-state index contributed by atoms with van der Waals surface area (Å²) in [5.41, 5.74) is 0. The van der Waals surface area contributed by atoms with E-state index in [2.05, 4.69) is 118 Å². The van der Waals surface area contributed by atoms with Crippen LogP contribution < -0.4 is 0 Å². The van der Waals surface area contributed by atoms with Crippen LogP contribution in [0.5, 0.6) is 0 Å². The zero-order valence-electron chi connectivity index (χ0n) is 53.5. The molecular weight excluding hydrogens is 997 g/mol. The quantitative estimate of drug-likeness (QED) is 0.0261. The minimum Gasteiger partial charge on any atom is -0.462 e. The number of carbonyl (C=O) groups excluding carboxylic acids is 3. The number of allylic oxidation sites excluding steroid dienone is 16. The number of esters is 3. The lowest BCUT2D eigenvalue weighted by molar-refractivity contribution is -0.167. The van der Waals surface area contributed by atoms with Crippen molar-refractivity contribution in [3.8, 4) is 0 Å². The second kappa shape index (κ2) is 68.8. The second-order valence-corrected chi connectivity index (χ2v) is 23.1. The minimum absolute atomic E-state index is 0.0796. The van der Waals surface area contributed by atoms with Gasteiger partial charge in [0.25, 0.3) is 0 Å². The van der Waals surface area contributed by atoms with Crippen molar-refractivity contribution >= 4 is 17.9 Å². The highest BCUT2D eigenvalue weighted by Crippen LogP contribution is 2.17. The van der Waals surface area contributed by atoms with Gasteiger partial charge in [-0.3, -0.25) is 14.4 Å². The van der Waals surface area contributed by atoms with E-state index in [4.69, 9.17) is 14.2 Å². The van der Waals surface area contributed by atoms with Crippen LogP contribution in [-0.2, 0) is 28.6 Å². The van der Waals surface area contributed by atoms with Gasteiger partial charge in [0, 0.05) is 19.3 Å². The van der Waals surface area contributed by atoms with E-state index in [1.165, 1.54) is 186 Å². The zero-order valence-corrected chi connectivity index (χ0v) is 53.5. The van der Waals surface area contributed by atoms with E-state index in [1.807, 2.05) is 0 Å². The Morgan fingerprint density at radius 2 is 0.481 bits per heavy atom. The lowest BCUT2D eigenvalue weighted by Gasteiger charge is -2.18. The molecule has 0 aromatic heterocycles. The first-order chi connectivity index (χ1) is 40.0. The summed E-state index contributed by atoms with van der Waals surface area (Å²) in [6, 6.07) is 0. The summed E-state index contributed by atoms with van der Waals surface area (Å²) in [7, 11) is 0. The van der Waals surface area contributed by atoms with Crippen molar-refractivity contribution in [2.24, 2.45) is 0 Å². The van der Waals surface area contributed by atoms with Gasteiger partial charge in [-0.1, -0.05) is 317 Å². The first-order valence-corrected chi connectivity index (χ1v) is 34.7. The Morgan fingerprint density at radius 1 is 0.259 bits per heavy atom. The third kappa shape index (κ3) is 67.0. The van der Waals surface area contributed by atoms with Crippen LogP contribution in [0.2, 0.25) is 0 Å². The number of rotatable bonds is 63. The molecule has 0 heterocycles. The maximum Gasteiger partial charge on any atom is 0.306 e. The van der Waals surface area contributed by atoms with Crippen molar-refractivity contribution in [2.45, 2.75) is 348 Å². The fourth-order valence-electron chi connectivity index (χ4n) is 9.89. The molecule has 0 N–H and O–H groups in total. The molecule has 0 fully saturated rings. The first kappa shape index (κ1) is 77.3. The van der Waals surface area contributed by atoms with Crippen molar-refractivity contribution in [3.05, 3.63) is 97.2 Å². The number of unbranched alkanes of at least 4 members (excludes halogenated alkanes) is 36. The van der Waals surface area contributed by atoms with Gasteiger partial charge >= 0.3 is 17.9 Å². The summed E-state index contributed by atoms with van der Waals surface area (Å²) in [5.74, 6) is -0.876. The monoisotopic (exact) mass is 1130 g/mol. The van der Waals surface area contributed by atoms with E-state index >= 15 is 0 Å². The molecule has 0 aliphatic rings. The van der Waals surface area contributed by atoms with Crippen molar-refractivity contribution in [2.75, 3.05) is 13.2 Å².